The monoisotopic (exact) mass is 369 g/mol. The molecule has 5 amide bonds. The Morgan fingerprint density at radius 2 is 1.88 bits per heavy atom. The number of rotatable bonds is 6. The van der Waals surface area contributed by atoms with Crippen molar-refractivity contribution in [3.05, 3.63) is 0 Å². The summed E-state index contributed by atoms with van der Waals surface area (Å²) in [6, 6.07) is 0.390. The number of hydrogen-bond donors (Lipinski definition) is 5. The second-order valence-electron chi connectivity index (χ2n) is 6.62. The minimum absolute atomic E-state index is 0.0962. The van der Waals surface area contributed by atoms with E-state index >= 15 is 0 Å². The SMILES string of the molecule is O=C(CCCC[C@@H]1SC[C@H]2NC(=O)N[C@@H]12)NNC(=O)C(=O)NC1CC1. The molecule has 1 saturated carbocycles. The molecule has 3 fully saturated rings. The molecule has 3 atom stereocenters. The Bertz CT molecular complexity index is 568. The molecule has 138 valence electrons. The zero-order valence-electron chi connectivity index (χ0n) is 13.8. The first kappa shape index (κ1) is 17.8. The van der Waals surface area contributed by atoms with Crippen LogP contribution in [-0.2, 0) is 14.4 Å². The van der Waals surface area contributed by atoms with E-state index in [0.29, 0.717) is 11.7 Å². The molecule has 3 rings (SSSR count). The highest BCUT2D eigenvalue weighted by molar-refractivity contribution is 8.00. The summed E-state index contributed by atoms with van der Waals surface area (Å²) in [4.78, 5) is 45.9. The third-order valence-electron chi connectivity index (χ3n) is 4.51. The van der Waals surface area contributed by atoms with Crippen LogP contribution in [0.15, 0.2) is 0 Å². The summed E-state index contributed by atoms with van der Waals surface area (Å²) in [5.74, 6) is -0.968. The van der Waals surface area contributed by atoms with Crippen LogP contribution in [0.1, 0.15) is 38.5 Å². The Kier molecular flexibility index (Phi) is 5.67. The van der Waals surface area contributed by atoms with E-state index in [9.17, 15) is 19.2 Å². The van der Waals surface area contributed by atoms with Crippen molar-refractivity contribution < 1.29 is 19.2 Å². The molecule has 0 unspecified atom stereocenters. The fraction of sp³-hybridized carbons (Fsp3) is 0.733. The van der Waals surface area contributed by atoms with Crippen molar-refractivity contribution in [1.82, 2.24) is 26.8 Å². The van der Waals surface area contributed by atoms with Crippen LogP contribution in [0.3, 0.4) is 0 Å². The van der Waals surface area contributed by atoms with Crippen molar-refractivity contribution in [3.63, 3.8) is 0 Å². The fourth-order valence-corrected chi connectivity index (χ4v) is 4.54. The van der Waals surface area contributed by atoms with Crippen LogP contribution in [0.4, 0.5) is 4.79 Å². The number of amides is 5. The van der Waals surface area contributed by atoms with Gasteiger partial charge >= 0.3 is 17.8 Å². The molecule has 0 spiro atoms. The predicted molar refractivity (Wildman–Crippen MR) is 91.4 cm³/mol. The van der Waals surface area contributed by atoms with Gasteiger partial charge in [-0.15, -0.1) is 0 Å². The second-order valence-corrected chi connectivity index (χ2v) is 7.89. The first-order valence-electron chi connectivity index (χ1n) is 8.61. The van der Waals surface area contributed by atoms with Gasteiger partial charge in [0.2, 0.25) is 5.91 Å². The summed E-state index contributed by atoms with van der Waals surface area (Å²) in [6.45, 7) is 0. The zero-order valence-corrected chi connectivity index (χ0v) is 14.6. The Morgan fingerprint density at radius 1 is 1.08 bits per heavy atom. The topological polar surface area (TPSA) is 128 Å². The van der Waals surface area contributed by atoms with Gasteiger partial charge in [0, 0.05) is 23.5 Å². The maximum Gasteiger partial charge on any atom is 0.327 e. The molecule has 5 N–H and O–H groups in total. The number of fused-ring (bicyclic) bond motifs is 1. The molecule has 2 aliphatic heterocycles. The number of thioether (sulfide) groups is 1. The molecule has 1 aliphatic carbocycles. The van der Waals surface area contributed by atoms with E-state index in [4.69, 9.17) is 0 Å². The molecular formula is C15H23N5O4S. The van der Waals surface area contributed by atoms with Crippen LogP contribution >= 0.6 is 11.8 Å². The largest absolute Gasteiger partial charge is 0.345 e. The van der Waals surface area contributed by atoms with Crippen LogP contribution in [0.25, 0.3) is 0 Å². The first-order chi connectivity index (χ1) is 12.0. The summed E-state index contributed by atoms with van der Waals surface area (Å²) < 4.78 is 0. The third kappa shape index (κ3) is 5.00. The van der Waals surface area contributed by atoms with E-state index in [1.54, 1.807) is 0 Å². The minimum atomic E-state index is -0.849. The van der Waals surface area contributed by atoms with Crippen molar-refractivity contribution >= 4 is 35.5 Å². The number of hydrogen-bond acceptors (Lipinski definition) is 5. The lowest BCUT2D eigenvalue weighted by atomic mass is 10.0. The summed E-state index contributed by atoms with van der Waals surface area (Å²) in [7, 11) is 0. The van der Waals surface area contributed by atoms with E-state index in [1.165, 1.54) is 0 Å². The average Bonchev–Trinajstić information content (AvgIpc) is 3.21. The van der Waals surface area contributed by atoms with Gasteiger partial charge in [0.05, 0.1) is 12.1 Å². The van der Waals surface area contributed by atoms with Gasteiger partial charge in [0.15, 0.2) is 0 Å². The molecule has 0 aromatic rings. The average molecular weight is 369 g/mol. The number of nitrogens with one attached hydrogen (secondary N) is 5. The van der Waals surface area contributed by atoms with Crippen molar-refractivity contribution in [2.45, 2.75) is 61.9 Å². The van der Waals surface area contributed by atoms with Gasteiger partial charge in [-0.3, -0.25) is 25.2 Å². The molecule has 0 aromatic carbocycles. The fourth-order valence-electron chi connectivity index (χ4n) is 3.00. The Balaban J connectivity index is 1.25. The van der Waals surface area contributed by atoms with Gasteiger partial charge in [0.25, 0.3) is 0 Å². The summed E-state index contributed by atoms with van der Waals surface area (Å²) in [5.41, 5.74) is 4.38. The summed E-state index contributed by atoms with van der Waals surface area (Å²) in [6.07, 6.45) is 4.54. The Hall–Kier alpha value is -1.97. The van der Waals surface area contributed by atoms with E-state index in [-0.39, 0.29) is 36.5 Å². The van der Waals surface area contributed by atoms with Gasteiger partial charge < -0.3 is 16.0 Å². The predicted octanol–water partition coefficient (Wildman–Crippen LogP) is -0.862. The Labute approximate surface area is 149 Å². The van der Waals surface area contributed by atoms with E-state index < -0.39 is 11.8 Å². The molecule has 0 aromatic heterocycles. The highest BCUT2D eigenvalue weighted by Gasteiger charge is 2.42. The lowest BCUT2D eigenvalue weighted by Crippen LogP contribution is -2.48. The molecule has 3 aliphatic rings. The highest BCUT2D eigenvalue weighted by Crippen LogP contribution is 2.33. The van der Waals surface area contributed by atoms with Crippen LogP contribution in [0.5, 0.6) is 0 Å². The second kappa shape index (κ2) is 7.94. The maximum absolute atomic E-state index is 11.7. The molecule has 0 bridgehead atoms. The number of carbonyl (C=O) groups excluding carboxylic acids is 4. The van der Waals surface area contributed by atoms with Crippen molar-refractivity contribution in [1.29, 1.82) is 0 Å². The number of hydrazine groups is 1. The normalized spacial score (nSPS) is 27.0. The highest BCUT2D eigenvalue weighted by atomic mass is 32.2. The van der Waals surface area contributed by atoms with Crippen molar-refractivity contribution in [2.24, 2.45) is 0 Å². The van der Waals surface area contributed by atoms with Crippen molar-refractivity contribution in [2.75, 3.05) is 5.75 Å². The van der Waals surface area contributed by atoms with E-state index in [0.717, 1.165) is 31.4 Å². The van der Waals surface area contributed by atoms with Gasteiger partial charge in [-0.25, -0.2) is 4.79 Å². The van der Waals surface area contributed by atoms with Crippen LogP contribution < -0.4 is 26.8 Å². The summed E-state index contributed by atoms with van der Waals surface area (Å²) >= 11 is 1.84. The number of urea groups is 1. The van der Waals surface area contributed by atoms with Crippen LogP contribution in [0, 0.1) is 0 Å². The van der Waals surface area contributed by atoms with Gasteiger partial charge in [0.1, 0.15) is 0 Å². The zero-order chi connectivity index (χ0) is 17.8. The first-order valence-corrected chi connectivity index (χ1v) is 9.66. The van der Waals surface area contributed by atoms with Gasteiger partial charge in [-0.2, -0.15) is 11.8 Å². The molecule has 2 saturated heterocycles. The minimum Gasteiger partial charge on any atom is -0.345 e. The standard InChI is InChI=1S/C15H23N5O4S/c21-11(19-20-14(23)13(22)16-8-5-6-8)4-2-1-3-10-12-9(7-25-10)17-15(24)18-12/h8-10,12H,1-7H2,(H,16,22)(H,19,21)(H,20,23)(H2,17,18,24)/t9-,10+,12-/m1/s1. The van der Waals surface area contributed by atoms with Gasteiger partial charge in [-0.1, -0.05) is 6.42 Å². The lowest BCUT2D eigenvalue weighted by Gasteiger charge is -2.16. The molecule has 9 nitrogen and oxygen atoms in total. The molecule has 0 radical (unpaired) electrons. The maximum atomic E-state index is 11.7. The quantitative estimate of drug-likeness (QED) is 0.180. The smallest absolute Gasteiger partial charge is 0.327 e. The molecular weight excluding hydrogens is 346 g/mol. The molecule has 25 heavy (non-hydrogen) atoms. The molecule has 10 heteroatoms. The number of carbonyl (C=O) groups is 4. The van der Waals surface area contributed by atoms with Crippen LogP contribution in [0.2, 0.25) is 0 Å². The third-order valence-corrected chi connectivity index (χ3v) is 6.02. The van der Waals surface area contributed by atoms with E-state index in [1.807, 2.05) is 11.8 Å². The van der Waals surface area contributed by atoms with E-state index in [2.05, 4.69) is 26.8 Å². The van der Waals surface area contributed by atoms with Crippen molar-refractivity contribution in [3.8, 4) is 0 Å². The summed E-state index contributed by atoms with van der Waals surface area (Å²) in [5, 5.41) is 8.76. The van der Waals surface area contributed by atoms with Gasteiger partial charge in [-0.05, 0) is 25.7 Å². The Morgan fingerprint density at radius 3 is 2.64 bits per heavy atom. The molecule has 2 heterocycles. The number of unbranched alkanes of at least 4 members (excludes halogenated alkanes) is 1. The van der Waals surface area contributed by atoms with Crippen LogP contribution in [-0.4, -0.2) is 52.9 Å². The lowest BCUT2D eigenvalue weighted by molar-refractivity contribution is -0.141.